The number of benzene rings is 1. The summed E-state index contributed by atoms with van der Waals surface area (Å²) in [6.07, 6.45) is 3.67. The molecule has 0 spiro atoms. The first kappa shape index (κ1) is 11.1. The molecule has 14 heavy (non-hydrogen) atoms. The lowest BCUT2D eigenvalue weighted by molar-refractivity contribution is 0.340. The van der Waals surface area contributed by atoms with Gasteiger partial charge in [-0.05, 0) is 18.6 Å². The van der Waals surface area contributed by atoms with Crippen molar-refractivity contribution in [2.24, 2.45) is 0 Å². The minimum Gasteiger partial charge on any atom is -0.486 e. The maximum atomic E-state index is 13.3. The van der Waals surface area contributed by atoms with Gasteiger partial charge >= 0.3 is 0 Å². The number of rotatable bonds is 4. The molecule has 0 saturated heterocycles. The lowest BCUT2D eigenvalue weighted by Gasteiger charge is -2.05. The van der Waals surface area contributed by atoms with Crippen LogP contribution in [0.5, 0.6) is 5.75 Å². The number of hydrogen-bond acceptors (Lipinski definition) is 2. The van der Waals surface area contributed by atoms with Crippen LogP contribution in [0, 0.1) is 12.7 Å². The molecule has 0 aromatic heterocycles. The van der Waals surface area contributed by atoms with Gasteiger partial charge in [-0.15, -0.1) is 0 Å². The Kier molecular flexibility index (Phi) is 4.53. The molecule has 1 aromatic carbocycles. The Morgan fingerprint density at radius 3 is 2.93 bits per heavy atom. The van der Waals surface area contributed by atoms with Gasteiger partial charge in [0.05, 0.1) is 0 Å². The molecule has 3 heteroatoms. The molecule has 0 heterocycles. The molecule has 0 aliphatic heterocycles. The summed E-state index contributed by atoms with van der Waals surface area (Å²) >= 11 is 4.00. The van der Waals surface area contributed by atoms with Crippen LogP contribution in [0.15, 0.2) is 30.4 Å². The van der Waals surface area contributed by atoms with Gasteiger partial charge in [-0.1, -0.05) is 24.3 Å². The molecule has 0 radical (unpaired) electrons. The summed E-state index contributed by atoms with van der Waals surface area (Å²) in [5, 5.41) is 0. The fourth-order valence-electron chi connectivity index (χ4n) is 1.01. The Morgan fingerprint density at radius 2 is 2.21 bits per heavy atom. The van der Waals surface area contributed by atoms with Crippen LogP contribution in [0.3, 0.4) is 0 Å². The van der Waals surface area contributed by atoms with Crippen molar-refractivity contribution in [3.8, 4) is 5.75 Å². The van der Waals surface area contributed by atoms with Crippen LogP contribution in [0.1, 0.15) is 5.56 Å². The van der Waals surface area contributed by atoms with Crippen molar-refractivity contribution in [2.45, 2.75) is 6.92 Å². The van der Waals surface area contributed by atoms with Crippen LogP contribution in [-0.2, 0) is 0 Å². The average molecular weight is 212 g/mol. The van der Waals surface area contributed by atoms with Gasteiger partial charge in [0, 0.05) is 5.75 Å². The van der Waals surface area contributed by atoms with Crippen LogP contribution in [0.25, 0.3) is 0 Å². The third kappa shape index (κ3) is 3.07. The van der Waals surface area contributed by atoms with E-state index >= 15 is 0 Å². The molecule has 0 unspecified atom stereocenters. The molecule has 0 saturated carbocycles. The molecule has 1 nitrogen and oxygen atoms in total. The first-order valence-corrected chi connectivity index (χ1v) is 5.02. The molecule has 1 aromatic rings. The largest absolute Gasteiger partial charge is 0.486 e. The van der Waals surface area contributed by atoms with E-state index in [1.54, 1.807) is 25.1 Å². The first-order valence-electron chi connectivity index (χ1n) is 4.39. The van der Waals surface area contributed by atoms with E-state index in [1.165, 1.54) is 0 Å². The van der Waals surface area contributed by atoms with Crippen molar-refractivity contribution in [2.75, 3.05) is 12.4 Å². The highest BCUT2D eigenvalue weighted by molar-refractivity contribution is 7.80. The molecule has 0 aliphatic carbocycles. The number of ether oxygens (including phenoxy) is 1. The van der Waals surface area contributed by atoms with Crippen LogP contribution in [0.2, 0.25) is 0 Å². The second-order valence-electron chi connectivity index (χ2n) is 2.85. The van der Waals surface area contributed by atoms with E-state index in [9.17, 15) is 4.39 Å². The highest BCUT2D eigenvalue weighted by Gasteiger charge is 2.03. The zero-order valence-electron chi connectivity index (χ0n) is 8.03. The summed E-state index contributed by atoms with van der Waals surface area (Å²) in [4.78, 5) is 0. The predicted molar refractivity (Wildman–Crippen MR) is 59.6 cm³/mol. The quantitative estimate of drug-likeness (QED) is 0.596. The van der Waals surface area contributed by atoms with Gasteiger partial charge in [0.2, 0.25) is 0 Å². The summed E-state index contributed by atoms with van der Waals surface area (Å²) in [5.74, 6) is 0.681. The van der Waals surface area contributed by atoms with E-state index in [0.29, 0.717) is 23.7 Å². The summed E-state index contributed by atoms with van der Waals surface area (Å²) in [6.45, 7) is 2.09. The molecular formula is C11H13FOS. The first-order chi connectivity index (χ1) is 6.75. The number of hydrogen-bond donors (Lipinski definition) is 1. The van der Waals surface area contributed by atoms with Gasteiger partial charge in [-0.2, -0.15) is 12.6 Å². The van der Waals surface area contributed by atoms with Crippen molar-refractivity contribution in [1.29, 1.82) is 0 Å². The predicted octanol–water partition coefficient (Wildman–Crippen LogP) is 3.00. The molecule has 0 atom stereocenters. The zero-order valence-corrected chi connectivity index (χ0v) is 8.93. The van der Waals surface area contributed by atoms with Gasteiger partial charge in [-0.25, -0.2) is 4.39 Å². The smallest absolute Gasteiger partial charge is 0.167 e. The Bertz CT molecular complexity index is 323. The lowest BCUT2D eigenvalue weighted by atomic mass is 10.2. The number of halogens is 1. The van der Waals surface area contributed by atoms with Gasteiger partial charge in [0.1, 0.15) is 6.61 Å². The number of thiol groups is 1. The minimum atomic E-state index is -0.285. The van der Waals surface area contributed by atoms with Crippen molar-refractivity contribution in [3.63, 3.8) is 0 Å². The summed E-state index contributed by atoms with van der Waals surface area (Å²) in [7, 11) is 0. The average Bonchev–Trinajstić information content (AvgIpc) is 2.19. The van der Waals surface area contributed by atoms with Crippen LogP contribution < -0.4 is 4.74 Å². The summed E-state index contributed by atoms with van der Waals surface area (Å²) in [6, 6.07) is 5.11. The summed E-state index contributed by atoms with van der Waals surface area (Å²) in [5.41, 5.74) is 0.598. The van der Waals surface area contributed by atoms with E-state index in [1.807, 2.05) is 12.2 Å². The van der Waals surface area contributed by atoms with Crippen molar-refractivity contribution < 1.29 is 9.13 Å². The maximum absolute atomic E-state index is 13.3. The Morgan fingerprint density at radius 1 is 1.43 bits per heavy atom. The highest BCUT2D eigenvalue weighted by atomic mass is 32.1. The van der Waals surface area contributed by atoms with Gasteiger partial charge in [0.15, 0.2) is 11.6 Å². The molecule has 1 rings (SSSR count). The molecule has 0 bridgehead atoms. The molecule has 0 aliphatic rings. The van der Waals surface area contributed by atoms with E-state index in [0.717, 1.165) is 0 Å². The fourth-order valence-corrected chi connectivity index (χ4v) is 1.16. The van der Waals surface area contributed by atoms with Gasteiger partial charge in [-0.3, -0.25) is 0 Å². The van der Waals surface area contributed by atoms with Gasteiger partial charge in [0.25, 0.3) is 0 Å². The van der Waals surface area contributed by atoms with E-state index in [-0.39, 0.29) is 5.82 Å². The standard InChI is InChI=1S/C11H13FOS/c1-9-5-4-6-10(11(9)12)13-7-2-3-8-14/h2-6,14H,7-8H2,1H3/b3-2+. The second kappa shape index (κ2) is 5.70. The monoisotopic (exact) mass is 212 g/mol. The Balaban J connectivity index is 2.59. The number of aryl methyl sites for hydroxylation is 1. The molecule has 0 N–H and O–H groups in total. The summed E-state index contributed by atoms with van der Waals surface area (Å²) < 4.78 is 18.6. The second-order valence-corrected chi connectivity index (χ2v) is 3.22. The Labute approximate surface area is 89.0 Å². The van der Waals surface area contributed by atoms with Gasteiger partial charge < -0.3 is 4.74 Å². The topological polar surface area (TPSA) is 9.23 Å². The molecule has 76 valence electrons. The normalized spacial score (nSPS) is 10.8. The van der Waals surface area contributed by atoms with Crippen LogP contribution in [-0.4, -0.2) is 12.4 Å². The Hall–Kier alpha value is -0.960. The van der Waals surface area contributed by atoms with E-state index in [4.69, 9.17) is 4.74 Å². The lowest BCUT2D eigenvalue weighted by Crippen LogP contribution is -1.97. The minimum absolute atomic E-state index is 0.285. The third-order valence-electron chi connectivity index (χ3n) is 1.76. The highest BCUT2D eigenvalue weighted by Crippen LogP contribution is 2.19. The van der Waals surface area contributed by atoms with Crippen molar-refractivity contribution in [1.82, 2.24) is 0 Å². The SMILES string of the molecule is Cc1cccc(OC/C=C/CS)c1F. The zero-order chi connectivity index (χ0) is 10.4. The van der Waals surface area contributed by atoms with E-state index in [2.05, 4.69) is 12.6 Å². The van der Waals surface area contributed by atoms with Crippen molar-refractivity contribution in [3.05, 3.63) is 41.7 Å². The van der Waals surface area contributed by atoms with Crippen LogP contribution in [0.4, 0.5) is 4.39 Å². The van der Waals surface area contributed by atoms with Crippen molar-refractivity contribution >= 4 is 12.6 Å². The van der Waals surface area contributed by atoms with Crippen LogP contribution >= 0.6 is 12.6 Å². The third-order valence-corrected chi connectivity index (χ3v) is 1.97. The molecular weight excluding hydrogens is 199 g/mol. The molecule has 0 fully saturated rings. The van der Waals surface area contributed by atoms with E-state index < -0.39 is 0 Å². The molecule has 0 amide bonds. The maximum Gasteiger partial charge on any atom is 0.167 e. The fraction of sp³-hybridized carbons (Fsp3) is 0.273.